The van der Waals surface area contributed by atoms with E-state index in [1.54, 1.807) is 0 Å². The van der Waals surface area contributed by atoms with Gasteiger partial charge in [0.05, 0.1) is 0 Å². The van der Waals surface area contributed by atoms with Gasteiger partial charge in [0, 0.05) is 6.42 Å². The molecule has 2 heteroatoms. The van der Waals surface area contributed by atoms with E-state index in [0.29, 0.717) is 12.2 Å². The minimum Gasteiger partial charge on any atom is -0.427 e. The number of carbonyl (C=O) groups is 1. The molecule has 2 fully saturated rings. The molecule has 0 aliphatic heterocycles. The quantitative estimate of drug-likeness (QED) is 0.201. The van der Waals surface area contributed by atoms with E-state index in [4.69, 9.17) is 4.74 Å². The van der Waals surface area contributed by atoms with Crippen LogP contribution in [0.2, 0.25) is 0 Å². The molecular formula is C29H46O2. The van der Waals surface area contributed by atoms with Gasteiger partial charge in [-0.25, -0.2) is 0 Å². The van der Waals surface area contributed by atoms with E-state index in [2.05, 4.69) is 19.1 Å². The first-order valence-corrected chi connectivity index (χ1v) is 13.5. The lowest BCUT2D eigenvalue weighted by Gasteiger charge is -2.38. The standard InChI is InChI=1S/C29H46O2/c1-3-5-6-7-8-23-11-17-26(18-12-23)27-19-13-24(14-20-27)9-10-25-15-21-28(22-16-25)31-29(30)4-2/h15-16,21-24,26-27H,3-14,17-20H2,1-2H3/t23-,24-,26-,27-. The predicted molar refractivity (Wildman–Crippen MR) is 130 cm³/mol. The Kier molecular flexibility index (Phi) is 10.4. The minimum atomic E-state index is -0.162. The van der Waals surface area contributed by atoms with Crippen molar-refractivity contribution < 1.29 is 9.53 Å². The predicted octanol–water partition coefficient (Wildman–Crippen LogP) is 8.52. The number of unbranched alkanes of at least 4 members (excludes halogenated alkanes) is 3. The van der Waals surface area contributed by atoms with Gasteiger partial charge in [0.2, 0.25) is 0 Å². The fourth-order valence-corrected chi connectivity index (χ4v) is 6.05. The molecule has 2 saturated carbocycles. The molecule has 0 bridgehead atoms. The summed E-state index contributed by atoms with van der Waals surface area (Å²) in [6.45, 7) is 4.14. The molecule has 0 heterocycles. The molecule has 0 aromatic heterocycles. The first-order chi connectivity index (χ1) is 15.2. The summed E-state index contributed by atoms with van der Waals surface area (Å²) in [4.78, 5) is 11.4. The zero-order chi connectivity index (χ0) is 21.9. The number of hydrogen-bond acceptors (Lipinski definition) is 2. The zero-order valence-electron chi connectivity index (χ0n) is 20.2. The molecule has 0 N–H and O–H groups in total. The second-order valence-electron chi connectivity index (χ2n) is 10.4. The maximum atomic E-state index is 11.4. The third kappa shape index (κ3) is 8.28. The van der Waals surface area contributed by atoms with Crippen molar-refractivity contribution in [3.8, 4) is 5.75 Å². The van der Waals surface area contributed by atoms with Gasteiger partial charge in [-0.3, -0.25) is 4.79 Å². The van der Waals surface area contributed by atoms with Gasteiger partial charge in [-0.2, -0.15) is 0 Å². The van der Waals surface area contributed by atoms with Gasteiger partial charge in [-0.15, -0.1) is 0 Å². The summed E-state index contributed by atoms with van der Waals surface area (Å²) in [5.41, 5.74) is 1.37. The molecule has 0 unspecified atom stereocenters. The highest BCUT2D eigenvalue weighted by Gasteiger charge is 2.30. The molecule has 1 aromatic rings. The second kappa shape index (κ2) is 13.3. The number of ether oxygens (including phenoxy) is 1. The van der Waals surface area contributed by atoms with Gasteiger partial charge in [0.15, 0.2) is 0 Å². The Bertz CT molecular complexity index is 619. The molecule has 2 nitrogen and oxygen atoms in total. The summed E-state index contributed by atoms with van der Waals surface area (Å²) in [5.74, 6) is 4.51. The van der Waals surface area contributed by atoms with E-state index in [0.717, 1.165) is 30.1 Å². The van der Waals surface area contributed by atoms with Crippen LogP contribution in [0.5, 0.6) is 5.75 Å². The number of esters is 1. The third-order valence-electron chi connectivity index (χ3n) is 8.20. The van der Waals surface area contributed by atoms with E-state index in [1.165, 1.54) is 95.5 Å². The van der Waals surface area contributed by atoms with Crippen LogP contribution >= 0.6 is 0 Å². The Hall–Kier alpha value is -1.31. The van der Waals surface area contributed by atoms with Crippen molar-refractivity contribution in [1.82, 2.24) is 0 Å². The molecule has 0 atom stereocenters. The van der Waals surface area contributed by atoms with Gasteiger partial charge in [0.1, 0.15) is 5.75 Å². The Morgan fingerprint density at radius 2 is 1.35 bits per heavy atom. The van der Waals surface area contributed by atoms with Gasteiger partial charge in [0.25, 0.3) is 0 Å². The summed E-state index contributed by atoms with van der Waals surface area (Å²) in [7, 11) is 0. The molecule has 0 saturated heterocycles. The molecule has 174 valence electrons. The van der Waals surface area contributed by atoms with Gasteiger partial charge < -0.3 is 4.74 Å². The molecule has 0 radical (unpaired) electrons. The van der Waals surface area contributed by atoms with Crippen LogP contribution in [0.4, 0.5) is 0 Å². The maximum absolute atomic E-state index is 11.4. The van der Waals surface area contributed by atoms with Crippen molar-refractivity contribution >= 4 is 5.97 Å². The van der Waals surface area contributed by atoms with E-state index in [9.17, 15) is 4.79 Å². The third-order valence-corrected chi connectivity index (χ3v) is 8.20. The van der Waals surface area contributed by atoms with E-state index >= 15 is 0 Å². The zero-order valence-corrected chi connectivity index (χ0v) is 20.2. The Balaban J connectivity index is 1.30. The van der Waals surface area contributed by atoms with Crippen molar-refractivity contribution in [2.75, 3.05) is 0 Å². The molecular weight excluding hydrogens is 380 g/mol. The largest absolute Gasteiger partial charge is 0.427 e. The SMILES string of the molecule is CCCCCC[C@H]1CC[C@H]([C@H]2CC[C@H](CCc3ccc(OC(=O)CC)cc3)CC2)CC1. The summed E-state index contributed by atoms with van der Waals surface area (Å²) < 4.78 is 5.28. The van der Waals surface area contributed by atoms with Crippen molar-refractivity contribution in [2.24, 2.45) is 23.7 Å². The van der Waals surface area contributed by atoms with E-state index in [-0.39, 0.29) is 5.97 Å². The molecule has 2 aliphatic carbocycles. The summed E-state index contributed by atoms with van der Waals surface area (Å²) in [6, 6.07) is 8.15. The van der Waals surface area contributed by atoms with Gasteiger partial charge in [-0.1, -0.05) is 83.8 Å². The highest BCUT2D eigenvalue weighted by atomic mass is 16.5. The van der Waals surface area contributed by atoms with Crippen molar-refractivity contribution in [3.63, 3.8) is 0 Å². The molecule has 0 amide bonds. The molecule has 2 aliphatic rings. The smallest absolute Gasteiger partial charge is 0.310 e. The number of carbonyl (C=O) groups excluding carboxylic acids is 1. The Morgan fingerprint density at radius 3 is 1.90 bits per heavy atom. The lowest BCUT2D eigenvalue weighted by molar-refractivity contribution is -0.134. The highest BCUT2D eigenvalue weighted by molar-refractivity contribution is 5.71. The van der Waals surface area contributed by atoms with E-state index < -0.39 is 0 Å². The van der Waals surface area contributed by atoms with Crippen molar-refractivity contribution in [3.05, 3.63) is 29.8 Å². The average molecular weight is 427 g/mol. The van der Waals surface area contributed by atoms with Crippen LogP contribution in [0.3, 0.4) is 0 Å². The molecule has 3 rings (SSSR count). The van der Waals surface area contributed by atoms with Crippen LogP contribution < -0.4 is 4.74 Å². The van der Waals surface area contributed by atoms with Crippen LogP contribution in [0, 0.1) is 23.7 Å². The Labute approximate surface area is 191 Å². The summed E-state index contributed by atoms with van der Waals surface area (Å²) in [5, 5.41) is 0. The molecule has 1 aromatic carbocycles. The molecule has 0 spiro atoms. The number of aryl methyl sites for hydroxylation is 1. The topological polar surface area (TPSA) is 26.3 Å². The monoisotopic (exact) mass is 426 g/mol. The average Bonchev–Trinajstić information content (AvgIpc) is 2.82. The van der Waals surface area contributed by atoms with Crippen LogP contribution in [0.1, 0.15) is 116 Å². The minimum absolute atomic E-state index is 0.162. The fourth-order valence-electron chi connectivity index (χ4n) is 6.05. The van der Waals surface area contributed by atoms with Crippen molar-refractivity contribution in [1.29, 1.82) is 0 Å². The lowest BCUT2D eigenvalue weighted by Crippen LogP contribution is -2.26. The summed E-state index contributed by atoms with van der Waals surface area (Å²) >= 11 is 0. The van der Waals surface area contributed by atoms with Gasteiger partial charge in [-0.05, 0) is 79.9 Å². The van der Waals surface area contributed by atoms with Crippen LogP contribution in [0.25, 0.3) is 0 Å². The normalized spacial score (nSPS) is 26.5. The number of benzene rings is 1. The fraction of sp³-hybridized carbons (Fsp3) is 0.759. The number of rotatable bonds is 11. The first kappa shape index (κ1) is 24.3. The lowest BCUT2D eigenvalue weighted by atomic mass is 9.68. The second-order valence-corrected chi connectivity index (χ2v) is 10.4. The van der Waals surface area contributed by atoms with Crippen LogP contribution in [-0.2, 0) is 11.2 Å². The van der Waals surface area contributed by atoms with Crippen LogP contribution in [0.15, 0.2) is 24.3 Å². The number of hydrogen-bond donors (Lipinski definition) is 0. The molecule has 31 heavy (non-hydrogen) atoms. The Morgan fingerprint density at radius 1 is 0.774 bits per heavy atom. The van der Waals surface area contributed by atoms with Crippen LogP contribution in [-0.4, -0.2) is 5.97 Å². The van der Waals surface area contributed by atoms with Gasteiger partial charge >= 0.3 is 5.97 Å². The maximum Gasteiger partial charge on any atom is 0.310 e. The first-order valence-electron chi connectivity index (χ1n) is 13.5. The summed E-state index contributed by atoms with van der Waals surface area (Å²) in [6.07, 6.45) is 22.0. The highest BCUT2D eigenvalue weighted by Crippen LogP contribution is 2.43. The van der Waals surface area contributed by atoms with E-state index in [1.807, 2.05) is 19.1 Å². The van der Waals surface area contributed by atoms with Crippen molar-refractivity contribution in [2.45, 2.75) is 117 Å².